The summed E-state index contributed by atoms with van der Waals surface area (Å²) in [5.74, 6) is -0.0890. The molecule has 0 aliphatic heterocycles. The monoisotopic (exact) mass is 301 g/mol. The molecular weight excluding hydrogens is 286 g/mol. The van der Waals surface area contributed by atoms with E-state index in [0.717, 1.165) is 0 Å². The molecule has 0 heterocycles. The van der Waals surface area contributed by atoms with Crippen LogP contribution in [0.15, 0.2) is 18.2 Å². The van der Waals surface area contributed by atoms with Crippen LogP contribution in [0.5, 0.6) is 5.75 Å². The Morgan fingerprint density at radius 3 is 2.70 bits per heavy atom. The molecule has 1 aromatic carbocycles. The standard InChI is InChI=1S/C12H16ClN3O4/c1-12(15-2,11(14)17)5-6-20-8-3-4-10(16(18)19)9(13)7-8/h3-4,7,15H,5-6H2,1-2H3,(H2,14,17). The van der Waals surface area contributed by atoms with E-state index in [1.165, 1.54) is 18.2 Å². The lowest BCUT2D eigenvalue weighted by Gasteiger charge is -2.25. The molecule has 0 saturated heterocycles. The molecule has 20 heavy (non-hydrogen) atoms. The van der Waals surface area contributed by atoms with E-state index in [-0.39, 0.29) is 17.3 Å². The van der Waals surface area contributed by atoms with Crippen molar-refractivity contribution in [1.82, 2.24) is 5.32 Å². The third-order valence-electron chi connectivity index (χ3n) is 3.08. The van der Waals surface area contributed by atoms with Crippen LogP contribution >= 0.6 is 11.6 Å². The number of likely N-dealkylation sites (N-methyl/N-ethyl adjacent to an activating group) is 1. The number of ether oxygens (including phenoxy) is 1. The van der Waals surface area contributed by atoms with E-state index in [2.05, 4.69) is 5.32 Å². The molecule has 0 saturated carbocycles. The van der Waals surface area contributed by atoms with Gasteiger partial charge in [0, 0.05) is 18.6 Å². The molecule has 1 unspecified atom stereocenters. The summed E-state index contributed by atoms with van der Waals surface area (Å²) in [6.45, 7) is 1.88. The first-order valence-electron chi connectivity index (χ1n) is 5.85. The second-order valence-electron chi connectivity index (χ2n) is 4.42. The number of carbonyl (C=O) groups is 1. The molecule has 7 nitrogen and oxygen atoms in total. The first kappa shape index (κ1) is 16.2. The minimum Gasteiger partial charge on any atom is -0.493 e. The van der Waals surface area contributed by atoms with E-state index >= 15 is 0 Å². The third kappa shape index (κ3) is 3.82. The van der Waals surface area contributed by atoms with Crippen LogP contribution in [-0.4, -0.2) is 30.0 Å². The summed E-state index contributed by atoms with van der Waals surface area (Å²) in [6, 6.07) is 4.08. The number of nitrogens with two attached hydrogens (primary N) is 1. The number of hydrogen-bond acceptors (Lipinski definition) is 5. The smallest absolute Gasteiger partial charge is 0.288 e. The van der Waals surface area contributed by atoms with E-state index in [1.54, 1.807) is 14.0 Å². The number of halogens is 1. The number of benzene rings is 1. The molecule has 0 spiro atoms. The zero-order chi connectivity index (χ0) is 15.3. The fourth-order valence-electron chi connectivity index (χ4n) is 1.47. The van der Waals surface area contributed by atoms with Crippen molar-refractivity contribution in [3.63, 3.8) is 0 Å². The average Bonchev–Trinajstić information content (AvgIpc) is 2.37. The number of hydrogen-bond donors (Lipinski definition) is 2. The lowest BCUT2D eigenvalue weighted by molar-refractivity contribution is -0.384. The molecule has 0 radical (unpaired) electrons. The molecule has 0 aromatic heterocycles. The number of nitrogens with one attached hydrogen (secondary N) is 1. The van der Waals surface area contributed by atoms with Gasteiger partial charge < -0.3 is 15.8 Å². The van der Waals surface area contributed by atoms with Crippen LogP contribution in [0, 0.1) is 10.1 Å². The number of carbonyl (C=O) groups excluding carboxylic acids is 1. The maximum absolute atomic E-state index is 11.3. The topological polar surface area (TPSA) is 107 Å². The van der Waals surface area contributed by atoms with Gasteiger partial charge in [0.1, 0.15) is 10.8 Å². The Hall–Kier alpha value is -1.86. The highest BCUT2D eigenvalue weighted by atomic mass is 35.5. The highest BCUT2D eigenvalue weighted by molar-refractivity contribution is 6.32. The summed E-state index contributed by atoms with van der Waals surface area (Å²) in [5.41, 5.74) is 4.23. The predicted octanol–water partition coefficient (Wildman–Crippen LogP) is 1.48. The summed E-state index contributed by atoms with van der Waals surface area (Å²) in [5, 5.41) is 13.4. The van der Waals surface area contributed by atoms with Gasteiger partial charge in [-0.15, -0.1) is 0 Å². The van der Waals surface area contributed by atoms with Gasteiger partial charge in [0.15, 0.2) is 0 Å². The van der Waals surface area contributed by atoms with Gasteiger partial charge in [0.2, 0.25) is 5.91 Å². The van der Waals surface area contributed by atoms with Gasteiger partial charge in [0.25, 0.3) is 5.69 Å². The molecule has 110 valence electrons. The summed E-state index contributed by atoms with van der Waals surface area (Å²) in [6.07, 6.45) is 0.355. The Labute approximate surface area is 121 Å². The van der Waals surface area contributed by atoms with Crippen molar-refractivity contribution in [1.29, 1.82) is 0 Å². The number of primary amides is 1. The number of nitro groups is 1. The fraction of sp³-hybridized carbons (Fsp3) is 0.417. The van der Waals surface area contributed by atoms with Gasteiger partial charge in [-0.3, -0.25) is 14.9 Å². The largest absolute Gasteiger partial charge is 0.493 e. The van der Waals surface area contributed by atoms with Crippen molar-refractivity contribution in [3.05, 3.63) is 33.3 Å². The molecule has 0 bridgehead atoms. The van der Waals surface area contributed by atoms with Gasteiger partial charge in [-0.25, -0.2) is 0 Å². The van der Waals surface area contributed by atoms with Gasteiger partial charge in [-0.1, -0.05) is 11.6 Å². The number of nitro benzene ring substituents is 1. The van der Waals surface area contributed by atoms with Gasteiger partial charge in [-0.05, 0) is 20.0 Å². The van der Waals surface area contributed by atoms with Crippen LogP contribution in [-0.2, 0) is 4.79 Å². The van der Waals surface area contributed by atoms with Crippen LogP contribution in [0.1, 0.15) is 13.3 Å². The van der Waals surface area contributed by atoms with Crippen LogP contribution in [0.4, 0.5) is 5.69 Å². The summed E-state index contributed by atoms with van der Waals surface area (Å²) >= 11 is 5.76. The molecule has 8 heteroatoms. The normalized spacial score (nSPS) is 13.6. The maximum atomic E-state index is 11.3. The van der Waals surface area contributed by atoms with Crippen LogP contribution in [0.2, 0.25) is 5.02 Å². The van der Waals surface area contributed by atoms with E-state index < -0.39 is 16.4 Å². The van der Waals surface area contributed by atoms with E-state index in [9.17, 15) is 14.9 Å². The molecule has 1 rings (SSSR count). The molecule has 1 amide bonds. The molecule has 1 aromatic rings. The first-order chi connectivity index (χ1) is 9.30. The average molecular weight is 302 g/mol. The SMILES string of the molecule is CNC(C)(CCOc1ccc([N+](=O)[O-])c(Cl)c1)C(N)=O. The number of rotatable bonds is 7. The van der Waals surface area contributed by atoms with Crippen LogP contribution < -0.4 is 15.8 Å². The Morgan fingerprint density at radius 2 is 2.25 bits per heavy atom. The number of nitrogens with zero attached hydrogens (tertiary/aromatic N) is 1. The Morgan fingerprint density at radius 1 is 1.60 bits per heavy atom. The lowest BCUT2D eigenvalue weighted by atomic mass is 9.98. The van der Waals surface area contributed by atoms with Crippen LogP contribution in [0.3, 0.4) is 0 Å². The fourth-order valence-corrected chi connectivity index (χ4v) is 1.71. The quantitative estimate of drug-likeness (QED) is 0.586. The Bertz CT molecular complexity index is 523. The zero-order valence-corrected chi connectivity index (χ0v) is 11.9. The lowest BCUT2D eigenvalue weighted by Crippen LogP contribution is -2.52. The summed E-state index contributed by atoms with van der Waals surface area (Å²) in [7, 11) is 1.63. The summed E-state index contributed by atoms with van der Waals surface area (Å²) in [4.78, 5) is 21.3. The predicted molar refractivity (Wildman–Crippen MR) is 74.9 cm³/mol. The molecule has 0 aliphatic rings. The zero-order valence-electron chi connectivity index (χ0n) is 11.2. The van der Waals surface area contributed by atoms with Gasteiger partial charge >= 0.3 is 0 Å². The third-order valence-corrected chi connectivity index (χ3v) is 3.38. The molecular formula is C12H16ClN3O4. The van der Waals surface area contributed by atoms with Crippen molar-refractivity contribution in [3.8, 4) is 5.75 Å². The highest BCUT2D eigenvalue weighted by Crippen LogP contribution is 2.28. The molecule has 1 atom stereocenters. The van der Waals surface area contributed by atoms with E-state index in [1.807, 2.05) is 0 Å². The van der Waals surface area contributed by atoms with E-state index in [0.29, 0.717) is 12.2 Å². The minimum absolute atomic E-state index is 0.00113. The second-order valence-corrected chi connectivity index (χ2v) is 4.82. The van der Waals surface area contributed by atoms with Gasteiger partial charge in [0.05, 0.1) is 17.1 Å². The van der Waals surface area contributed by atoms with E-state index in [4.69, 9.17) is 22.1 Å². The highest BCUT2D eigenvalue weighted by Gasteiger charge is 2.28. The van der Waals surface area contributed by atoms with Crippen molar-refractivity contribution in [2.75, 3.05) is 13.7 Å². The summed E-state index contributed by atoms with van der Waals surface area (Å²) < 4.78 is 5.41. The molecule has 3 N–H and O–H groups in total. The van der Waals surface area contributed by atoms with Gasteiger partial charge in [-0.2, -0.15) is 0 Å². The number of amides is 1. The molecule has 0 aliphatic carbocycles. The van der Waals surface area contributed by atoms with Crippen molar-refractivity contribution >= 4 is 23.2 Å². The maximum Gasteiger partial charge on any atom is 0.288 e. The van der Waals surface area contributed by atoms with Crippen LogP contribution in [0.25, 0.3) is 0 Å². The van der Waals surface area contributed by atoms with Crippen molar-refractivity contribution < 1.29 is 14.5 Å². The minimum atomic E-state index is -0.870. The second kappa shape index (κ2) is 6.53. The van der Waals surface area contributed by atoms with Crippen molar-refractivity contribution in [2.45, 2.75) is 18.9 Å². The first-order valence-corrected chi connectivity index (χ1v) is 6.23. The van der Waals surface area contributed by atoms with Crippen molar-refractivity contribution in [2.24, 2.45) is 5.73 Å². The molecule has 0 fully saturated rings. The Kier molecular flexibility index (Phi) is 5.29. The Balaban J connectivity index is 2.65.